The lowest BCUT2D eigenvalue weighted by atomic mass is 10.0. The predicted octanol–water partition coefficient (Wildman–Crippen LogP) is 34.0. The Morgan fingerprint density at radius 3 is 0.424 bits per heavy atom. The molecular weight excluding hydrogens is 1470 g/mol. The zero-order valence-corrected chi connectivity index (χ0v) is 79.6. The summed E-state index contributed by atoms with van der Waals surface area (Å²) in [5.41, 5.74) is 0. The standard InChI is InChI=1S/2C53H100O6/c2*1-4-7-10-13-16-19-22-25-26-29-31-34-37-40-43-46-52(55)58-49-50(59-53(56)47-44-41-38-35-32-28-24-21-18-15-12-9-6-3)48-57-51(54)45-42-39-36-33-30-27-23-20-17-14-11-8-5-2/h2*25-26,50H,4-24,27-49H2,1-3H3. The van der Waals surface area contributed by atoms with E-state index in [-0.39, 0.29) is 62.2 Å². The lowest BCUT2D eigenvalue weighted by molar-refractivity contribution is -0.167. The summed E-state index contributed by atoms with van der Waals surface area (Å²) < 4.78 is 33.6. The molecule has 0 aliphatic rings. The number of unbranched alkanes of at least 4 members (excludes halogenated alkanes) is 70. The van der Waals surface area contributed by atoms with Crippen molar-refractivity contribution >= 4 is 35.8 Å². The summed E-state index contributed by atoms with van der Waals surface area (Å²) in [6.45, 7) is 13.3. The lowest BCUT2D eigenvalue weighted by Gasteiger charge is -2.18. The average Bonchev–Trinajstić information content (AvgIpc) is 0.946. The van der Waals surface area contributed by atoms with E-state index in [1.54, 1.807) is 0 Å². The Hall–Kier alpha value is -3.70. The Kier molecular flexibility index (Phi) is 101. The SMILES string of the molecule is CCCCCCCCC=CCCCCCCCC(=O)OCC(COC(=O)CCCCCCCCCCCCCCC)OC(=O)CCCCCCCCCCCCCCC.CCCCCCCCC=CCCCCCCCC(=O)OCC(COC(=O)CCCCCCCCCCCCCCC)OC(=O)CCCCCCCCCCCCCCC. The fraction of sp³-hybridized carbons (Fsp3) is 0.906. The van der Waals surface area contributed by atoms with Crippen LogP contribution < -0.4 is 0 Å². The van der Waals surface area contributed by atoms with Crippen molar-refractivity contribution in [2.45, 2.75) is 593 Å². The zero-order valence-electron chi connectivity index (χ0n) is 79.6. The van der Waals surface area contributed by atoms with E-state index in [1.807, 2.05) is 0 Å². The molecule has 118 heavy (non-hydrogen) atoms. The average molecular weight is 1670 g/mol. The largest absolute Gasteiger partial charge is 0.462 e. The smallest absolute Gasteiger partial charge is 0.306 e. The molecule has 0 saturated heterocycles. The Morgan fingerprint density at radius 1 is 0.161 bits per heavy atom. The van der Waals surface area contributed by atoms with Crippen LogP contribution in [-0.4, -0.2) is 74.5 Å². The second kappa shape index (κ2) is 102. The van der Waals surface area contributed by atoms with Crippen molar-refractivity contribution in [1.29, 1.82) is 0 Å². The first kappa shape index (κ1) is 116. The van der Waals surface area contributed by atoms with Gasteiger partial charge >= 0.3 is 35.8 Å². The third-order valence-corrected chi connectivity index (χ3v) is 23.5. The molecule has 0 aromatic heterocycles. The van der Waals surface area contributed by atoms with Crippen molar-refractivity contribution in [3.63, 3.8) is 0 Å². The van der Waals surface area contributed by atoms with Crippen LogP contribution in [0.3, 0.4) is 0 Å². The Balaban J connectivity index is 0. The van der Waals surface area contributed by atoms with Crippen LogP contribution in [0.5, 0.6) is 0 Å². The molecule has 0 amide bonds. The van der Waals surface area contributed by atoms with Crippen molar-refractivity contribution < 1.29 is 57.2 Å². The van der Waals surface area contributed by atoms with Crippen LogP contribution in [0.1, 0.15) is 581 Å². The van der Waals surface area contributed by atoms with Crippen molar-refractivity contribution in [1.82, 2.24) is 0 Å². The maximum Gasteiger partial charge on any atom is 0.306 e. The van der Waals surface area contributed by atoms with Gasteiger partial charge in [0.2, 0.25) is 0 Å². The highest BCUT2D eigenvalue weighted by molar-refractivity contribution is 5.72. The van der Waals surface area contributed by atoms with Crippen molar-refractivity contribution in [3.8, 4) is 0 Å². The van der Waals surface area contributed by atoms with Gasteiger partial charge in [0.25, 0.3) is 0 Å². The molecule has 0 rings (SSSR count). The molecule has 0 bridgehead atoms. The van der Waals surface area contributed by atoms with E-state index in [2.05, 4.69) is 65.8 Å². The Morgan fingerprint density at radius 2 is 0.280 bits per heavy atom. The summed E-state index contributed by atoms with van der Waals surface area (Å²) in [4.78, 5) is 75.9. The molecule has 0 aromatic rings. The van der Waals surface area contributed by atoms with Crippen molar-refractivity contribution in [2.24, 2.45) is 0 Å². The third kappa shape index (κ3) is 99.4. The molecule has 0 fully saturated rings. The summed E-state index contributed by atoms with van der Waals surface area (Å²) in [6, 6.07) is 0. The first-order valence-electron chi connectivity index (χ1n) is 52.4. The normalized spacial score (nSPS) is 12.0. The summed E-state index contributed by atoms with van der Waals surface area (Å²) in [6.07, 6.45) is 107. The van der Waals surface area contributed by atoms with Gasteiger partial charge in [-0.25, -0.2) is 0 Å². The van der Waals surface area contributed by atoms with Gasteiger partial charge in [-0.05, 0) is 89.9 Å². The molecule has 2 atom stereocenters. The molecule has 0 aliphatic heterocycles. The van der Waals surface area contributed by atoms with Gasteiger partial charge in [-0.15, -0.1) is 0 Å². The number of carbonyl (C=O) groups is 6. The number of allylic oxidation sites excluding steroid dienone is 4. The van der Waals surface area contributed by atoms with Crippen LogP contribution >= 0.6 is 0 Å². The molecule has 0 saturated carbocycles. The van der Waals surface area contributed by atoms with Crippen LogP contribution in [0, 0.1) is 0 Å². The topological polar surface area (TPSA) is 158 Å². The minimum atomic E-state index is -0.766. The number of rotatable bonds is 96. The number of hydrogen-bond donors (Lipinski definition) is 0. The second-order valence-electron chi connectivity index (χ2n) is 35.6. The highest BCUT2D eigenvalue weighted by Crippen LogP contribution is 2.21. The number of ether oxygens (including phenoxy) is 6. The van der Waals surface area contributed by atoms with Crippen LogP contribution in [0.25, 0.3) is 0 Å². The van der Waals surface area contributed by atoms with Gasteiger partial charge in [0.15, 0.2) is 12.2 Å². The highest BCUT2D eigenvalue weighted by atomic mass is 16.6. The summed E-state index contributed by atoms with van der Waals surface area (Å²) in [7, 11) is 0. The van der Waals surface area contributed by atoms with Gasteiger partial charge in [0.05, 0.1) is 0 Å². The highest BCUT2D eigenvalue weighted by Gasteiger charge is 2.22. The molecule has 0 radical (unpaired) electrons. The first-order valence-corrected chi connectivity index (χ1v) is 52.4. The molecule has 0 N–H and O–H groups in total. The van der Waals surface area contributed by atoms with Crippen molar-refractivity contribution in [3.05, 3.63) is 24.3 Å². The van der Waals surface area contributed by atoms with Crippen LogP contribution in [-0.2, 0) is 57.2 Å². The van der Waals surface area contributed by atoms with Crippen LogP contribution in [0.2, 0.25) is 0 Å². The van der Waals surface area contributed by atoms with E-state index < -0.39 is 12.2 Å². The molecule has 0 aliphatic carbocycles. The maximum atomic E-state index is 12.8. The van der Waals surface area contributed by atoms with Crippen LogP contribution in [0.4, 0.5) is 0 Å². The van der Waals surface area contributed by atoms with E-state index in [0.717, 1.165) is 128 Å². The molecular formula is C106H200O12. The predicted molar refractivity (Wildman–Crippen MR) is 504 cm³/mol. The van der Waals surface area contributed by atoms with E-state index in [0.29, 0.717) is 38.5 Å². The Labute approximate surface area is 732 Å². The van der Waals surface area contributed by atoms with E-state index in [4.69, 9.17) is 28.4 Å². The summed E-state index contributed by atoms with van der Waals surface area (Å²) >= 11 is 0. The van der Waals surface area contributed by atoms with Gasteiger partial charge < -0.3 is 28.4 Å². The van der Waals surface area contributed by atoms with Gasteiger partial charge in [0.1, 0.15) is 26.4 Å². The van der Waals surface area contributed by atoms with Gasteiger partial charge in [-0.2, -0.15) is 0 Å². The molecule has 0 spiro atoms. The lowest BCUT2D eigenvalue weighted by Crippen LogP contribution is -2.30. The summed E-state index contributed by atoms with van der Waals surface area (Å²) in [5, 5.41) is 0. The quantitative estimate of drug-likeness (QED) is 0.0246. The number of carbonyl (C=O) groups excluding carboxylic acids is 6. The molecule has 0 heterocycles. The maximum absolute atomic E-state index is 12.8. The molecule has 12 heteroatoms. The van der Waals surface area contributed by atoms with E-state index >= 15 is 0 Å². The van der Waals surface area contributed by atoms with E-state index in [1.165, 1.54) is 372 Å². The summed E-state index contributed by atoms with van der Waals surface area (Å²) in [5.74, 6) is -1.72. The third-order valence-electron chi connectivity index (χ3n) is 23.5. The Bertz CT molecular complexity index is 1980. The molecule has 12 nitrogen and oxygen atoms in total. The molecule has 2 unspecified atom stereocenters. The minimum Gasteiger partial charge on any atom is -0.462 e. The van der Waals surface area contributed by atoms with Gasteiger partial charge in [-0.1, -0.05) is 477 Å². The van der Waals surface area contributed by atoms with Crippen LogP contribution in [0.15, 0.2) is 24.3 Å². The molecule has 696 valence electrons. The zero-order chi connectivity index (χ0) is 85.9. The van der Waals surface area contributed by atoms with Crippen molar-refractivity contribution in [2.75, 3.05) is 26.4 Å². The fourth-order valence-electron chi connectivity index (χ4n) is 15.6. The fourth-order valence-corrected chi connectivity index (χ4v) is 15.6. The monoisotopic (exact) mass is 1670 g/mol. The molecule has 0 aromatic carbocycles. The minimum absolute atomic E-state index is 0.0672. The number of hydrogen-bond acceptors (Lipinski definition) is 12. The second-order valence-corrected chi connectivity index (χ2v) is 35.6. The van der Waals surface area contributed by atoms with E-state index in [9.17, 15) is 28.8 Å². The first-order chi connectivity index (χ1) is 58.1. The van der Waals surface area contributed by atoms with Gasteiger partial charge in [-0.3, -0.25) is 28.8 Å². The number of esters is 6. The van der Waals surface area contributed by atoms with Gasteiger partial charge in [0, 0.05) is 38.5 Å².